The van der Waals surface area contributed by atoms with E-state index in [4.69, 9.17) is 4.74 Å². The molecule has 2 aliphatic rings. The molecule has 1 saturated heterocycles. The van der Waals surface area contributed by atoms with Crippen molar-refractivity contribution >= 4 is 6.09 Å². The Bertz CT molecular complexity index is 577. The van der Waals surface area contributed by atoms with Crippen LogP contribution in [0.25, 0.3) is 0 Å². The highest BCUT2D eigenvalue weighted by Gasteiger charge is 2.28. The summed E-state index contributed by atoms with van der Waals surface area (Å²) >= 11 is 0. The Hall–Kier alpha value is -1.55. The molecule has 0 spiro atoms. The second kappa shape index (κ2) is 6.52. The number of nitrogens with one attached hydrogen (secondary N) is 1. The highest BCUT2D eigenvalue weighted by molar-refractivity contribution is 5.68. The van der Waals surface area contributed by atoms with Crippen LogP contribution in [0.1, 0.15) is 56.2 Å². The first-order chi connectivity index (χ1) is 10.9. The molecule has 0 aliphatic carbocycles. The number of carbonyl (C=O) groups excluding carboxylic acids is 1. The fourth-order valence-corrected chi connectivity index (χ4v) is 3.49. The van der Waals surface area contributed by atoms with Crippen molar-refractivity contribution in [2.45, 2.75) is 58.1 Å². The minimum absolute atomic E-state index is 0.177. The quantitative estimate of drug-likeness (QED) is 0.863. The van der Waals surface area contributed by atoms with Gasteiger partial charge >= 0.3 is 6.09 Å². The predicted octanol–water partition coefficient (Wildman–Crippen LogP) is 3.45. The van der Waals surface area contributed by atoms with Gasteiger partial charge in [-0.15, -0.1) is 0 Å². The highest BCUT2D eigenvalue weighted by Crippen LogP contribution is 2.30. The fraction of sp³-hybridized carbons (Fsp3) is 0.632. The molecule has 1 fully saturated rings. The van der Waals surface area contributed by atoms with E-state index in [1.807, 2.05) is 25.7 Å². The molecule has 2 aliphatic heterocycles. The highest BCUT2D eigenvalue weighted by atomic mass is 16.6. The summed E-state index contributed by atoms with van der Waals surface area (Å²) in [5, 5.41) is 3.41. The first kappa shape index (κ1) is 16.3. The largest absolute Gasteiger partial charge is 0.444 e. The molecular formula is C19H28N2O2. The molecule has 2 heterocycles. The van der Waals surface area contributed by atoms with Gasteiger partial charge in [0.25, 0.3) is 0 Å². The zero-order valence-corrected chi connectivity index (χ0v) is 14.5. The molecule has 0 aromatic heterocycles. The molecule has 1 unspecified atom stereocenters. The molecule has 1 aromatic carbocycles. The van der Waals surface area contributed by atoms with Crippen LogP contribution in [0.3, 0.4) is 0 Å². The standard InChI is InChI=1S/C19H28N2O2/c1-19(2,3)23-18(22)21-10-4-5-17(13-21)14-6-7-16-12-20-9-8-15(16)11-14/h6-7,11,17,20H,4-5,8-10,12-13H2,1-3H3. The maximum atomic E-state index is 12.3. The summed E-state index contributed by atoms with van der Waals surface area (Å²) in [6, 6.07) is 6.86. The van der Waals surface area contributed by atoms with Crippen LogP contribution in [0, 0.1) is 0 Å². The van der Waals surface area contributed by atoms with Crippen LogP contribution in [0.15, 0.2) is 18.2 Å². The number of ether oxygens (including phenoxy) is 1. The topological polar surface area (TPSA) is 41.6 Å². The third-order valence-corrected chi connectivity index (χ3v) is 4.66. The SMILES string of the molecule is CC(C)(C)OC(=O)N1CCCC(c2ccc3c(c2)CCNC3)C1. The van der Waals surface area contributed by atoms with Crippen LogP contribution in [0.2, 0.25) is 0 Å². The van der Waals surface area contributed by atoms with Gasteiger partial charge in [-0.1, -0.05) is 18.2 Å². The summed E-state index contributed by atoms with van der Waals surface area (Å²) in [4.78, 5) is 14.2. The van der Waals surface area contributed by atoms with Gasteiger partial charge in [0.05, 0.1) is 0 Å². The van der Waals surface area contributed by atoms with Gasteiger partial charge < -0.3 is 15.0 Å². The summed E-state index contributed by atoms with van der Waals surface area (Å²) < 4.78 is 5.53. The van der Waals surface area contributed by atoms with Crippen molar-refractivity contribution in [3.8, 4) is 0 Å². The molecule has 4 nitrogen and oxygen atoms in total. The lowest BCUT2D eigenvalue weighted by molar-refractivity contribution is 0.0198. The maximum absolute atomic E-state index is 12.3. The Morgan fingerprint density at radius 2 is 2.13 bits per heavy atom. The van der Waals surface area contributed by atoms with E-state index in [-0.39, 0.29) is 6.09 Å². The monoisotopic (exact) mass is 316 g/mol. The third kappa shape index (κ3) is 4.05. The van der Waals surface area contributed by atoms with Crippen molar-refractivity contribution in [3.63, 3.8) is 0 Å². The number of amides is 1. The summed E-state index contributed by atoms with van der Waals surface area (Å²) in [6.45, 7) is 9.37. The van der Waals surface area contributed by atoms with E-state index in [1.165, 1.54) is 16.7 Å². The minimum Gasteiger partial charge on any atom is -0.444 e. The molecule has 126 valence electrons. The Kier molecular flexibility index (Phi) is 4.62. The van der Waals surface area contributed by atoms with Crippen LogP contribution >= 0.6 is 0 Å². The molecule has 1 aromatic rings. The summed E-state index contributed by atoms with van der Waals surface area (Å²) in [7, 11) is 0. The Morgan fingerprint density at radius 3 is 2.91 bits per heavy atom. The Labute approximate surface area is 139 Å². The summed E-state index contributed by atoms with van der Waals surface area (Å²) in [5.74, 6) is 0.427. The van der Waals surface area contributed by atoms with Gasteiger partial charge in [0.1, 0.15) is 5.60 Å². The van der Waals surface area contributed by atoms with Crippen LogP contribution in [0.4, 0.5) is 4.79 Å². The molecule has 23 heavy (non-hydrogen) atoms. The van der Waals surface area contributed by atoms with E-state index >= 15 is 0 Å². The normalized spacial score (nSPS) is 21.7. The number of carbonyl (C=O) groups is 1. The van der Waals surface area contributed by atoms with E-state index in [1.54, 1.807) is 0 Å². The molecule has 3 rings (SSSR count). The van der Waals surface area contributed by atoms with Crippen LogP contribution in [-0.4, -0.2) is 36.2 Å². The number of hydrogen-bond donors (Lipinski definition) is 1. The summed E-state index contributed by atoms with van der Waals surface area (Å²) in [6.07, 6.45) is 3.12. The second-order valence-electron chi connectivity index (χ2n) is 7.72. The fourth-order valence-electron chi connectivity index (χ4n) is 3.49. The summed E-state index contributed by atoms with van der Waals surface area (Å²) in [5.41, 5.74) is 3.83. The molecule has 0 bridgehead atoms. The Balaban J connectivity index is 1.70. The third-order valence-electron chi connectivity index (χ3n) is 4.66. The molecule has 0 saturated carbocycles. The van der Waals surface area contributed by atoms with Crippen molar-refractivity contribution in [2.75, 3.05) is 19.6 Å². The van der Waals surface area contributed by atoms with Gasteiger partial charge in [-0.2, -0.15) is 0 Å². The van der Waals surface area contributed by atoms with Gasteiger partial charge in [-0.05, 0) is 63.3 Å². The van der Waals surface area contributed by atoms with Crippen molar-refractivity contribution in [1.29, 1.82) is 0 Å². The van der Waals surface area contributed by atoms with E-state index in [9.17, 15) is 4.79 Å². The first-order valence-corrected chi connectivity index (χ1v) is 8.73. The zero-order chi connectivity index (χ0) is 16.4. The average Bonchev–Trinajstić information content (AvgIpc) is 2.53. The van der Waals surface area contributed by atoms with Crippen LogP contribution in [-0.2, 0) is 17.7 Å². The van der Waals surface area contributed by atoms with Gasteiger partial charge in [-0.25, -0.2) is 4.79 Å². The lowest BCUT2D eigenvalue weighted by atomic mass is 9.87. The smallest absolute Gasteiger partial charge is 0.410 e. The molecular weight excluding hydrogens is 288 g/mol. The van der Waals surface area contributed by atoms with E-state index in [2.05, 4.69) is 23.5 Å². The van der Waals surface area contributed by atoms with Crippen LogP contribution in [0.5, 0.6) is 0 Å². The first-order valence-electron chi connectivity index (χ1n) is 8.73. The van der Waals surface area contributed by atoms with Gasteiger partial charge in [0.2, 0.25) is 0 Å². The predicted molar refractivity (Wildman–Crippen MR) is 91.6 cm³/mol. The number of hydrogen-bond acceptors (Lipinski definition) is 3. The lowest BCUT2D eigenvalue weighted by Gasteiger charge is -2.34. The number of rotatable bonds is 1. The van der Waals surface area contributed by atoms with Gasteiger partial charge in [0, 0.05) is 25.6 Å². The van der Waals surface area contributed by atoms with Gasteiger partial charge in [0.15, 0.2) is 0 Å². The van der Waals surface area contributed by atoms with E-state index < -0.39 is 5.60 Å². The number of nitrogens with zero attached hydrogens (tertiary/aromatic N) is 1. The minimum atomic E-state index is -0.428. The average molecular weight is 316 g/mol. The van der Waals surface area contributed by atoms with Crippen LogP contribution < -0.4 is 5.32 Å². The number of likely N-dealkylation sites (tertiary alicyclic amines) is 1. The van der Waals surface area contributed by atoms with Gasteiger partial charge in [-0.3, -0.25) is 0 Å². The van der Waals surface area contributed by atoms with Crippen molar-refractivity contribution < 1.29 is 9.53 Å². The Morgan fingerprint density at radius 1 is 1.30 bits per heavy atom. The lowest BCUT2D eigenvalue weighted by Crippen LogP contribution is -2.42. The molecule has 1 N–H and O–H groups in total. The zero-order valence-electron chi connectivity index (χ0n) is 14.5. The molecule has 1 amide bonds. The molecule has 4 heteroatoms. The maximum Gasteiger partial charge on any atom is 0.410 e. The second-order valence-corrected chi connectivity index (χ2v) is 7.72. The number of piperidine rings is 1. The van der Waals surface area contributed by atoms with Crippen molar-refractivity contribution in [3.05, 3.63) is 34.9 Å². The van der Waals surface area contributed by atoms with Crippen molar-refractivity contribution in [1.82, 2.24) is 10.2 Å². The van der Waals surface area contributed by atoms with Crippen molar-refractivity contribution in [2.24, 2.45) is 0 Å². The molecule has 1 atom stereocenters. The van der Waals surface area contributed by atoms with E-state index in [0.717, 1.165) is 45.4 Å². The number of benzene rings is 1. The molecule has 0 radical (unpaired) electrons. The number of fused-ring (bicyclic) bond motifs is 1. The van der Waals surface area contributed by atoms with E-state index in [0.29, 0.717) is 5.92 Å².